The van der Waals surface area contributed by atoms with Crippen LogP contribution in [-0.4, -0.2) is 30.9 Å². The summed E-state index contributed by atoms with van der Waals surface area (Å²) in [5.41, 5.74) is 0.537. The molecule has 0 unspecified atom stereocenters. The highest BCUT2D eigenvalue weighted by Gasteiger charge is 2.32. The highest BCUT2D eigenvalue weighted by Crippen LogP contribution is 2.36. The maximum atomic E-state index is 13.0. The molecule has 0 saturated heterocycles. The molecule has 0 aliphatic rings. The van der Waals surface area contributed by atoms with Crippen molar-refractivity contribution in [3.63, 3.8) is 0 Å². The predicted octanol–water partition coefficient (Wildman–Crippen LogP) is 4.69. The monoisotopic (exact) mass is 481 g/mol. The Labute approximate surface area is 186 Å². The first kappa shape index (κ1) is 22.5. The molecule has 0 spiro atoms. The number of nitrogens with zero attached hydrogens (tertiary/aromatic N) is 2. The Morgan fingerprint density at radius 3 is 2.64 bits per heavy atom. The van der Waals surface area contributed by atoms with E-state index in [0.29, 0.717) is 23.3 Å². The molecule has 0 aliphatic carbocycles. The van der Waals surface area contributed by atoms with Crippen LogP contribution < -0.4 is 14.8 Å². The van der Waals surface area contributed by atoms with E-state index in [2.05, 4.69) is 25.4 Å². The Bertz CT molecular complexity index is 1410. The van der Waals surface area contributed by atoms with E-state index in [1.165, 1.54) is 13.2 Å². The summed E-state index contributed by atoms with van der Waals surface area (Å²) in [5.74, 6) is 0.682. The minimum atomic E-state index is -4.69. The lowest BCUT2D eigenvalue weighted by atomic mass is 10.2. The Morgan fingerprint density at radius 2 is 1.97 bits per heavy atom. The first-order chi connectivity index (χ1) is 15.6. The van der Waals surface area contributed by atoms with E-state index in [-0.39, 0.29) is 16.8 Å². The highest BCUT2D eigenvalue weighted by molar-refractivity contribution is 7.92. The first-order valence-electron chi connectivity index (χ1n) is 9.59. The second-order valence-electron chi connectivity index (χ2n) is 6.97. The molecule has 0 fully saturated rings. The summed E-state index contributed by atoms with van der Waals surface area (Å²) in [6.07, 6.45) is -3.92. The van der Waals surface area contributed by atoms with Crippen molar-refractivity contribution in [3.05, 3.63) is 53.7 Å². The summed E-state index contributed by atoms with van der Waals surface area (Å²) in [7, 11) is -2.95. The number of ether oxygens (including phenoxy) is 1. The van der Waals surface area contributed by atoms with Gasteiger partial charge < -0.3 is 14.6 Å². The normalized spacial score (nSPS) is 12.2. The molecule has 174 valence electrons. The van der Waals surface area contributed by atoms with Gasteiger partial charge in [-0.2, -0.15) is 18.3 Å². The average Bonchev–Trinajstić information content (AvgIpc) is 3.39. The predicted molar refractivity (Wildman–Crippen MR) is 114 cm³/mol. The van der Waals surface area contributed by atoms with E-state index in [1.807, 2.05) is 13.0 Å². The molecule has 33 heavy (non-hydrogen) atoms. The van der Waals surface area contributed by atoms with Crippen LogP contribution in [-0.2, 0) is 22.6 Å². The van der Waals surface area contributed by atoms with Gasteiger partial charge in [-0.25, -0.2) is 8.42 Å². The second-order valence-corrected chi connectivity index (χ2v) is 8.65. The molecule has 0 saturated carbocycles. The number of halogens is 3. The number of hydrogen-bond donors (Lipinski definition) is 3. The molecule has 3 N–H and O–H groups in total. The van der Waals surface area contributed by atoms with Gasteiger partial charge in [-0.3, -0.25) is 9.82 Å². The van der Waals surface area contributed by atoms with Crippen molar-refractivity contribution >= 4 is 38.3 Å². The number of aryl methyl sites for hydroxylation is 1. The minimum Gasteiger partial charge on any atom is -0.495 e. The Hall–Kier alpha value is -3.74. The topological polar surface area (TPSA) is 122 Å². The lowest BCUT2D eigenvalue weighted by Crippen LogP contribution is -2.15. The Kier molecular flexibility index (Phi) is 5.66. The number of benzene rings is 2. The van der Waals surface area contributed by atoms with Crippen molar-refractivity contribution in [3.8, 4) is 5.75 Å². The number of H-pyrrole nitrogens is 1. The fraction of sp³-hybridized carbons (Fsp3) is 0.200. The van der Waals surface area contributed by atoms with E-state index in [1.54, 1.807) is 6.07 Å². The third-order valence-electron chi connectivity index (χ3n) is 4.77. The van der Waals surface area contributed by atoms with Crippen LogP contribution in [0.15, 0.2) is 51.9 Å². The van der Waals surface area contributed by atoms with Crippen molar-refractivity contribution in [2.75, 3.05) is 17.1 Å². The Balaban J connectivity index is 1.66. The molecule has 4 rings (SSSR count). The van der Waals surface area contributed by atoms with Crippen LogP contribution in [0.25, 0.3) is 11.0 Å². The third-order valence-corrected chi connectivity index (χ3v) is 6.11. The molecule has 4 aromatic rings. The van der Waals surface area contributed by atoms with Gasteiger partial charge in [-0.1, -0.05) is 18.1 Å². The van der Waals surface area contributed by atoms with Crippen LogP contribution in [0.4, 0.5) is 30.5 Å². The minimum absolute atomic E-state index is 0.194. The molecule has 2 aromatic heterocycles. The van der Waals surface area contributed by atoms with Gasteiger partial charge in [0.25, 0.3) is 10.0 Å². The number of fused-ring (bicyclic) bond motifs is 1. The lowest BCUT2D eigenvalue weighted by molar-refractivity contribution is -0.137. The number of aromatic nitrogens is 3. The maximum Gasteiger partial charge on any atom is 0.416 e. The van der Waals surface area contributed by atoms with Gasteiger partial charge in [-0.15, -0.1) is 0 Å². The molecule has 2 aromatic carbocycles. The quantitative estimate of drug-likeness (QED) is 0.350. The van der Waals surface area contributed by atoms with E-state index in [4.69, 9.17) is 9.26 Å². The molecule has 0 aliphatic heterocycles. The number of alkyl halides is 3. The SMILES string of the molecule is CCc1cc(Nc2cc3onc(NS(=O)(=O)c4cccc(C(F)(F)F)c4)c3cc2OC)n[nH]1. The van der Waals surface area contributed by atoms with Gasteiger partial charge in [0.05, 0.1) is 28.6 Å². The zero-order valence-electron chi connectivity index (χ0n) is 17.3. The number of anilines is 3. The number of aromatic amines is 1. The van der Waals surface area contributed by atoms with Crippen molar-refractivity contribution in [1.29, 1.82) is 0 Å². The van der Waals surface area contributed by atoms with Crippen LogP contribution in [0.1, 0.15) is 18.2 Å². The van der Waals surface area contributed by atoms with Crippen molar-refractivity contribution in [2.45, 2.75) is 24.4 Å². The summed E-state index contributed by atoms with van der Waals surface area (Å²) in [5, 5.41) is 14.1. The van der Waals surface area contributed by atoms with E-state index in [9.17, 15) is 21.6 Å². The van der Waals surface area contributed by atoms with Gasteiger partial charge in [0.15, 0.2) is 17.2 Å². The smallest absolute Gasteiger partial charge is 0.416 e. The van der Waals surface area contributed by atoms with E-state index >= 15 is 0 Å². The van der Waals surface area contributed by atoms with Crippen LogP contribution in [0, 0.1) is 0 Å². The zero-order valence-corrected chi connectivity index (χ0v) is 18.1. The van der Waals surface area contributed by atoms with Crippen LogP contribution >= 0.6 is 0 Å². The molecular formula is C20H18F3N5O4S. The molecule has 2 heterocycles. The molecular weight excluding hydrogens is 463 g/mol. The fourth-order valence-corrected chi connectivity index (χ4v) is 4.13. The summed E-state index contributed by atoms with van der Waals surface area (Å²) in [6.45, 7) is 1.97. The molecule has 9 nitrogen and oxygen atoms in total. The number of sulfonamides is 1. The maximum absolute atomic E-state index is 13.0. The van der Waals surface area contributed by atoms with Gasteiger partial charge in [0, 0.05) is 17.8 Å². The molecule has 13 heteroatoms. The van der Waals surface area contributed by atoms with Gasteiger partial charge in [0.2, 0.25) is 0 Å². The number of methoxy groups -OCH3 is 1. The molecule has 0 radical (unpaired) electrons. The van der Waals surface area contributed by atoms with Crippen molar-refractivity contribution in [1.82, 2.24) is 15.4 Å². The molecule has 0 bridgehead atoms. The number of rotatable bonds is 7. The van der Waals surface area contributed by atoms with Gasteiger partial charge in [0.1, 0.15) is 5.75 Å². The van der Waals surface area contributed by atoms with Crippen molar-refractivity contribution < 1.29 is 30.8 Å². The standard InChI is InChI=1S/C20H18F3N5O4S/c1-3-12-8-18(26-25-12)24-15-10-16-14(9-17(15)31-2)19(27-32-16)28-33(29,30)13-6-4-5-11(7-13)20(21,22)23/h4-10H,3H2,1-2H3,(H,27,28)(H2,24,25,26). The highest BCUT2D eigenvalue weighted by atomic mass is 32.2. The fourth-order valence-electron chi connectivity index (χ4n) is 3.08. The lowest BCUT2D eigenvalue weighted by Gasteiger charge is -2.11. The third kappa shape index (κ3) is 4.58. The number of nitrogens with one attached hydrogen (secondary N) is 3. The van der Waals surface area contributed by atoms with Crippen LogP contribution in [0.3, 0.4) is 0 Å². The molecule has 0 atom stereocenters. The summed E-state index contributed by atoms with van der Waals surface area (Å²) in [4.78, 5) is -0.566. The Morgan fingerprint density at radius 1 is 1.18 bits per heavy atom. The van der Waals surface area contributed by atoms with Crippen molar-refractivity contribution in [2.24, 2.45) is 0 Å². The van der Waals surface area contributed by atoms with Gasteiger partial charge in [-0.05, 0) is 30.7 Å². The average molecular weight is 481 g/mol. The summed E-state index contributed by atoms with van der Waals surface area (Å²) >= 11 is 0. The molecule has 0 amide bonds. The van der Waals surface area contributed by atoms with Crippen LogP contribution in [0.5, 0.6) is 5.75 Å². The van der Waals surface area contributed by atoms with E-state index in [0.717, 1.165) is 30.3 Å². The van der Waals surface area contributed by atoms with Crippen LogP contribution in [0.2, 0.25) is 0 Å². The second kappa shape index (κ2) is 8.31. The van der Waals surface area contributed by atoms with E-state index < -0.39 is 26.7 Å². The first-order valence-corrected chi connectivity index (χ1v) is 11.1. The number of hydrogen-bond acceptors (Lipinski definition) is 7. The zero-order chi connectivity index (χ0) is 23.8. The largest absolute Gasteiger partial charge is 0.495 e. The summed E-state index contributed by atoms with van der Waals surface area (Å²) in [6, 6.07) is 8.25. The summed E-state index contributed by atoms with van der Waals surface area (Å²) < 4.78 is 77.1. The van der Waals surface area contributed by atoms with Gasteiger partial charge >= 0.3 is 6.18 Å².